The Morgan fingerprint density at radius 2 is 1.61 bits per heavy atom. The Morgan fingerprint density at radius 1 is 0.879 bits per heavy atom. The van der Waals surface area contributed by atoms with Crippen LogP contribution in [0.2, 0.25) is 5.15 Å². The molecule has 164 valence electrons. The highest BCUT2D eigenvalue weighted by atomic mass is 35.5. The van der Waals surface area contributed by atoms with Crippen LogP contribution < -0.4 is 4.74 Å². The Bertz CT molecular complexity index is 1540. The maximum absolute atomic E-state index is 13.7. The molecule has 0 N–H and O–H groups in total. The minimum Gasteiger partial charge on any atom is -0.489 e. The zero-order valence-electron chi connectivity index (χ0n) is 17.3. The van der Waals surface area contributed by atoms with Gasteiger partial charge in [0.15, 0.2) is 0 Å². The summed E-state index contributed by atoms with van der Waals surface area (Å²) in [6, 6.07) is 25.2. The van der Waals surface area contributed by atoms with E-state index < -0.39 is 10.0 Å². The molecule has 0 aliphatic rings. The van der Waals surface area contributed by atoms with Crippen LogP contribution in [0, 0.1) is 0 Å². The van der Waals surface area contributed by atoms with Gasteiger partial charge in [0.1, 0.15) is 23.2 Å². The van der Waals surface area contributed by atoms with E-state index in [1.807, 2.05) is 42.5 Å². The predicted molar refractivity (Wildman–Crippen MR) is 128 cm³/mol. The fourth-order valence-corrected chi connectivity index (χ4v) is 5.27. The summed E-state index contributed by atoms with van der Waals surface area (Å²) in [7, 11) is -3.95. The Labute approximate surface area is 196 Å². The van der Waals surface area contributed by atoms with E-state index in [9.17, 15) is 8.42 Å². The zero-order chi connectivity index (χ0) is 22.8. The zero-order valence-corrected chi connectivity index (χ0v) is 18.9. The van der Waals surface area contributed by atoms with Crippen molar-refractivity contribution in [2.24, 2.45) is 0 Å². The van der Waals surface area contributed by atoms with Crippen molar-refractivity contribution in [3.63, 3.8) is 0 Å². The summed E-state index contributed by atoms with van der Waals surface area (Å²) in [5.41, 5.74) is 2.20. The number of hydrogen-bond acceptors (Lipinski definition) is 5. The Balaban J connectivity index is 1.67. The standard InChI is InChI=1S/C25H18ClN3O3S/c26-25-16-27-15-22(28-25)24-13-19-11-12-20(32-17-18-7-3-1-4-8-18)14-23(19)29(24)33(30,31)21-9-5-2-6-10-21/h1-16H,17H2. The first-order chi connectivity index (χ1) is 16.0. The van der Waals surface area contributed by atoms with Crippen molar-refractivity contribution >= 4 is 32.5 Å². The normalized spacial score (nSPS) is 11.5. The highest BCUT2D eigenvalue weighted by Crippen LogP contribution is 2.33. The molecule has 5 aromatic rings. The van der Waals surface area contributed by atoms with Crippen molar-refractivity contribution in [2.45, 2.75) is 11.5 Å². The first-order valence-electron chi connectivity index (χ1n) is 10.1. The molecule has 0 spiro atoms. The van der Waals surface area contributed by atoms with Crippen LogP contribution in [0.5, 0.6) is 5.75 Å². The van der Waals surface area contributed by atoms with Crippen LogP contribution in [0.15, 0.2) is 102 Å². The van der Waals surface area contributed by atoms with E-state index in [4.69, 9.17) is 16.3 Å². The van der Waals surface area contributed by atoms with Crippen LogP contribution >= 0.6 is 11.6 Å². The second-order valence-corrected chi connectivity index (χ2v) is 9.51. The van der Waals surface area contributed by atoms with Crippen LogP contribution in [0.25, 0.3) is 22.3 Å². The third kappa shape index (κ3) is 4.20. The average Bonchev–Trinajstić information content (AvgIpc) is 3.24. The molecule has 0 atom stereocenters. The second kappa shape index (κ2) is 8.69. The third-order valence-corrected chi connectivity index (χ3v) is 7.05. The highest BCUT2D eigenvalue weighted by molar-refractivity contribution is 7.90. The SMILES string of the molecule is O=S(=O)(c1ccccc1)n1c(-c2cncc(Cl)n2)cc2ccc(OCc3ccccc3)cc21. The summed E-state index contributed by atoms with van der Waals surface area (Å²) in [6.07, 6.45) is 2.89. The number of nitrogens with zero attached hydrogens (tertiary/aromatic N) is 3. The van der Waals surface area contributed by atoms with Gasteiger partial charge in [0.25, 0.3) is 10.0 Å². The molecule has 0 unspecified atom stereocenters. The average molecular weight is 476 g/mol. The minimum absolute atomic E-state index is 0.161. The van der Waals surface area contributed by atoms with Crippen LogP contribution in [0.1, 0.15) is 5.56 Å². The van der Waals surface area contributed by atoms with Crippen molar-refractivity contribution in [3.05, 3.63) is 108 Å². The summed E-state index contributed by atoms with van der Waals surface area (Å²) in [5.74, 6) is 0.553. The maximum atomic E-state index is 13.7. The number of halogens is 1. The highest BCUT2D eigenvalue weighted by Gasteiger charge is 2.25. The van der Waals surface area contributed by atoms with E-state index in [2.05, 4.69) is 9.97 Å². The molecule has 5 rings (SSSR count). The summed E-state index contributed by atoms with van der Waals surface area (Å²) < 4.78 is 34.7. The minimum atomic E-state index is -3.95. The van der Waals surface area contributed by atoms with Gasteiger partial charge in [-0.25, -0.2) is 17.4 Å². The Hall–Kier alpha value is -3.68. The number of aromatic nitrogens is 3. The molecule has 3 aromatic carbocycles. The predicted octanol–water partition coefficient (Wildman–Crippen LogP) is 5.57. The summed E-state index contributed by atoms with van der Waals surface area (Å²) in [5, 5.41) is 0.895. The van der Waals surface area contributed by atoms with E-state index in [0.717, 1.165) is 10.9 Å². The lowest BCUT2D eigenvalue weighted by atomic mass is 10.2. The van der Waals surface area contributed by atoms with Gasteiger partial charge in [-0.3, -0.25) is 4.98 Å². The molecule has 0 saturated heterocycles. The lowest BCUT2D eigenvalue weighted by molar-refractivity contribution is 0.306. The van der Waals surface area contributed by atoms with Crippen molar-refractivity contribution in [1.82, 2.24) is 13.9 Å². The molecule has 2 heterocycles. The van der Waals surface area contributed by atoms with Gasteiger partial charge in [0, 0.05) is 11.5 Å². The van der Waals surface area contributed by atoms with Crippen molar-refractivity contribution in [3.8, 4) is 17.1 Å². The smallest absolute Gasteiger partial charge is 0.268 e. The van der Waals surface area contributed by atoms with Crippen LogP contribution in [-0.2, 0) is 16.6 Å². The van der Waals surface area contributed by atoms with Gasteiger partial charge < -0.3 is 4.74 Å². The molecule has 0 saturated carbocycles. The maximum Gasteiger partial charge on any atom is 0.268 e. The topological polar surface area (TPSA) is 74.1 Å². The molecule has 0 aliphatic heterocycles. The molecule has 2 aromatic heterocycles. The van der Waals surface area contributed by atoms with Crippen LogP contribution in [-0.4, -0.2) is 22.4 Å². The van der Waals surface area contributed by atoms with Crippen molar-refractivity contribution < 1.29 is 13.2 Å². The molecular weight excluding hydrogens is 458 g/mol. The number of fused-ring (bicyclic) bond motifs is 1. The van der Waals surface area contributed by atoms with E-state index in [1.54, 1.807) is 42.5 Å². The van der Waals surface area contributed by atoms with Gasteiger partial charge in [-0.15, -0.1) is 0 Å². The van der Waals surface area contributed by atoms with Gasteiger partial charge >= 0.3 is 0 Å². The molecule has 33 heavy (non-hydrogen) atoms. The van der Waals surface area contributed by atoms with Crippen LogP contribution in [0.3, 0.4) is 0 Å². The molecule has 0 radical (unpaired) electrons. The van der Waals surface area contributed by atoms with Gasteiger partial charge in [-0.1, -0.05) is 60.1 Å². The summed E-state index contributed by atoms with van der Waals surface area (Å²) in [4.78, 5) is 8.53. The summed E-state index contributed by atoms with van der Waals surface area (Å²) in [6.45, 7) is 0.366. The number of ether oxygens (including phenoxy) is 1. The Morgan fingerprint density at radius 3 is 2.33 bits per heavy atom. The van der Waals surface area contributed by atoms with Gasteiger partial charge in [0.2, 0.25) is 0 Å². The van der Waals surface area contributed by atoms with E-state index in [1.165, 1.54) is 16.4 Å². The molecule has 0 bridgehead atoms. The summed E-state index contributed by atoms with van der Waals surface area (Å²) >= 11 is 6.05. The molecule has 6 nitrogen and oxygen atoms in total. The van der Waals surface area contributed by atoms with Crippen molar-refractivity contribution in [1.29, 1.82) is 0 Å². The largest absolute Gasteiger partial charge is 0.489 e. The molecule has 0 aliphatic carbocycles. The number of benzene rings is 3. The lowest BCUT2D eigenvalue weighted by Gasteiger charge is -2.13. The molecule has 8 heteroatoms. The van der Waals surface area contributed by atoms with Gasteiger partial charge in [0.05, 0.1) is 28.5 Å². The monoisotopic (exact) mass is 475 g/mol. The lowest BCUT2D eigenvalue weighted by Crippen LogP contribution is -2.14. The third-order valence-electron chi connectivity index (χ3n) is 5.13. The fraction of sp³-hybridized carbons (Fsp3) is 0.0400. The molecular formula is C25H18ClN3O3S. The van der Waals surface area contributed by atoms with E-state index >= 15 is 0 Å². The fourth-order valence-electron chi connectivity index (χ4n) is 3.59. The van der Waals surface area contributed by atoms with Crippen LogP contribution in [0.4, 0.5) is 0 Å². The first kappa shape index (κ1) is 21.2. The number of hydrogen-bond donors (Lipinski definition) is 0. The van der Waals surface area contributed by atoms with Crippen molar-refractivity contribution in [2.75, 3.05) is 0 Å². The van der Waals surface area contributed by atoms with E-state index in [0.29, 0.717) is 29.3 Å². The van der Waals surface area contributed by atoms with Gasteiger partial charge in [-0.2, -0.15) is 0 Å². The molecule has 0 fully saturated rings. The quantitative estimate of drug-likeness (QED) is 0.321. The van der Waals surface area contributed by atoms with Gasteiger partial charge in [-0.05, 0) is 35.9 Å². The van der Waals surface area contributed by atoms with E-state index in [-0.39, 0.29) is 10.0 Å². The number of rotatable bonds is 6. The first-order valence-corrected chi connectivity index (χ1v) is 11.9. The second-order valence-electron chi connectivity index (χ2n) is 7.33. The molecule has 0 amide bonds. The Kier molecular flexibility index (Phi) is 5.58.